The Morgan fingerprint density at radius 2 is 1.85 bits per heavy atom. The molecule has 10 nitrogen and oxygen atoms in total. The Bertz CT molecular complexity index is 2070. The SMILES string of the molecule is C#Cc1c(F)ccc2cc(O)cc(-c3nc(OC)c4c(N5CC=CCC(C)C5)nc(OCC5(CN6CCC(F)CC6)CC5)nc4c3F)c12.CCC(=O)O. The lowest BCUT2D eigenvalue weighted by atomic mass is 9.95. The number of anilines is 1. The van der Waals surface area contributed by atoms with Gasteiger partial charge in [0.05, 0.1) is 19.3 Å². The minimum absolute atomic E-state index is 0.0151. The number of ether oxygens (including phenoxy) is 2. The summed E-state index contributed by atoms with van der Waals surface area (Å²) >= 11 is 0. The van der Waals surface area contributed by atoms with Crippen LogP contribution in [0.15, 0.2) is 36.4 Å². The second-order valence-corrected chi connectivity index (χ2v) is 14.2. The lowest BCUT2D eigenvalue weighted by Gasteiger charge is -2.31. The van der Waals surface area contributed by atoms with Crippen molar-refractivity contribution in [3.8, 4) is 41.2 Å². The van der Waals surface area contributed by atoms with Crippen molar-refractivity contribution in [1.29, 1.82) is 0 Å². The van der Waals surface area contributed by atoms with Gasteiger partial charge in [0.1, 0.15) is 40.2 Å². The number of piperidine rings is 1. The van der Waals surface area contributed by atoms with Crippen molar-refractivity contribution in [2.75, 3.05) is 51.3 Å². The molecule has 2 N–H and O–H groups in total. The average Bonchev–Trinajstić information content (AvgIpc) is 3.95. The number of aliphatic carboxylic acids is 1. The molecule has 1 atom stereocenters. The second kappa shape index (κ2) is 15.9. The van der Waals surface area contributed by atoms with Crippen LogP contribution in [-0.4, -0.2) is 88.6 Å². The fourth-order valence-corrected chi connectivity index (χ4v) is 6.98. The van der Waals surface area contributed by atoms with E-state index in [1.807, 2.05) is 4.90 Å². The van der Waals surface area contributed by atoms with Crippen molar-refractivity contribution in [2.45, 2.75) is 58.5 Å². The molecule has 0 radical (unpaired) electrons. The molecule has 2 aliphatic heterocycles. The second-order valence-electron chi connectivity index (χ2n) is 14.2. The first-order valence-corrected chi connectivity index (χ1v) is 17.9. The topological polar surface area (TPSA) is 121 Å². The summed E-state index contributed by atoms with van der Waals surface area (Å²) in [5.74, 6) is 0.770. The predicted molar refractivity (Wildman–Crippen MR) is 197 cm³/mol. The van der Waals surface area contributed by atoms with Crippen molar-refractivity contribution in [3.05, 3.63) is 53.6 Å². The van der Waals surface area contributed by atoms with Gasteiger partial charge in [0, 0.05) is 55.5 Å². The molecule has 2 aromatic carbocycles. The highest BCUT2D eigenvalue weighted by Crippen LogP contribution is 2.47. The van der Waals surface area contributed by atoms with Gasteiger partial charge in [-0.3, -0.25) is 4.79 Å². The number of likely N-dealkylation sites (tertiary alicyclic amines) is 1. The standard InChI is InChI=1S/C37H38F3N5O3.C3H6O2/c1-4-26-28(39)9-8-23-17-25(46)18-27(29(23)26)32-31(40)33-30(35(41-32)47-3)34(45-14-6-5-7-22(2)19-45)43-36(42-33)48-21-37(12-13-37)20-44-15-10-24(38)11-16-44;1-2-3(4)5/h1,5-6,8-9,17-18,22,24,46H,7,10-16,19-21H2,2-3H3;2H2,1H3,(H,4,5). The minimum atomic E-state index is -0.813. The van der Waals surface area contributed by atoms with E-state index >= 15 is 4.39 Å². The molecule has 7 rings (SSSR count). The lowest BCUT2D eigenvalue weighted by Crippen LogP contribution is -2.39. The van der Waals surface area contributed by atoms with E-state index in [1.165, 1.54) is 31.4 Å². The zero-order valence-corrected chi connectivity index (χ0v) is 30.2. The molecule has 3 aliphatic rings. The van der Waals surface area contributed by atoms with Gasteiger partial charge in [0.25, 0.3) is 0 Å². The first kappa shape index (κ1) is 37.7. The van der Waals surface area contributed by atoms with Crippen LogP contribution in [0.4, 0.5) is 19.0 Å². The van der Waals surface area contributed by atoms with Crippen molar-refractivity contribution in [3.63, 3.8) is 0 Å². The third kappa shape index (κ3) is 8.28. The van der Waals surface area contributed by atoms with Gasteiger partial charge in [0.15, 0.2) is 5.82 Å². The summed E-state index contributed by atoms with van der Waals surface area (Å²) in [6, 6.07) is 5.44. The van der Waals surface area contributed by atoms with E-state index in [-0.39, 0.29) is 62.6 Å². The monoisotopic (exact) mass is 731 g/mol. The van der Waals surface area contributed by atoms with Crippen molar-refractivity contribution < 1.29 is 37.7 Å². The number of allylic oxidation sites excluding steroid dienone is 1. The van der Waals surface area contributed by atoms with Gasteiger partial charge >= 0.3 is 12.0 Å². The summed E-state index contributed by atoms with van der Waals surface area (Å²) < 4.78 is 57.8. The molecule has 53 heavy (non-hydrogen) atoms. The number of carboxylic acid groups (broad SMARTS) is 1. The van der Waals surface area contributed by atoms with Crippen LogP contribution in [0.3, 0.4) is 0 Å². The number of carboxylic acids is 1. The molecule has 0 amide bonds. The molecule has 1 saturated carbocycles. The Labute approximate surface area is 306 Å². The van der Waals surface area contributed by atoms with E-state index in [0.717, 1.165) is 38.9 Å². The Balaban J connectivity index is 0.000000902. The summed E-state index contributed by atoms with van der Waals surface area (Å²) in [6.07, 6.45) is 13.3. The van der Waals surface area contributed by atoms with Gasteiger partial charge in [-0.2, -0.15) is 9.97 Å². The Morgan fingerprint density at radius 3 is 2.51 bits per heavy atom. The summed E-state index contributed by atoms with van der Waals surface area (Å²) in [6.45, 7) is 7.47. The largest absolute Gasteiger partial charge is 0.508 e. The molecule has 2 aromatic heterocycles. The maximum atomic E-state index is 17.0. The molecule has 280 valence electrons. The summed E-state index contributed by atoms with van der Waals surface area (Å²) in [4.78, 5) is 27.7. The molecule has 4 heterocycles. The van der Waals surface area contributed by atoms with Crippen LogP contribution < -0.4 is 14.4 Å². The van der Waals surface area contributed by atoms with Gasteiger partial charge in [-0.25, -0.2) is 18.2 Å². The number of halogens is 3. The van der Waals surface area contributed by atoms with Crippen LogP contribution in [0.1, 0.15) is 57.9 Å². The van der Waals surface area contributed by atoms with E-state index in [4.69, 9.17) is 26.0 Å². The molecule has 13 heteroatoms. The smallest absolute Gasteiger partial charge is 0.319 e. The first-order valence-electron chi connectivity index (χ1n) is 17.9. The maximum Gasteiger partial charge on any atom is 0.319 e. The number of carbonyl (C=O) groups is 1. The van der Waals surface area contributed by atoms with Gasteiger partial charge in [-0.15, -0.1) is 6.42 Å². The molecular weight excluding hydrogens is 687 g/mol. The highest BCUT2D eigenvalue weighted by Gasteiger charge is 2.45. The number of nitrogens with zero attached hydrogens (tertiary/aromatic N) is 5. The number of hydrogen-bond acceptors (Lipinski definition) is 9. The molecular formula is C40H44F3N5O5. The highest BCUT2D eigenvalue weighted by molar-refractivity contribution is 6.04. The number of hydrogen-bond donors (Lipinski definition) is 2. The van der Waals surface area contributed by atoms with E-state index in [9.17, 15) is 18.7 Å². The molecule has 1 unspecified atom stereocenters. The zero-order valence-electron chi connectivity index (χ0n) is 30.2. The minimum Gasteiger partial charge on any atom is -0.508 e. The number of phenols is 1. The lowest BCUT2D eigenvalue weighted by molar-refractivity contribution is -0.136. The number of rotatable bonds is 9. The molecule has 0 spiro atoms. The van der Waals surface area contributed by atoms with Crippen LogP contribution in [0, 0.1) is 35.3 Å². The first-order chi connectivity index (χ1) is 25.4. The Hall–Kier alpha value is -5.09. The fraction of sp³-hybridized carbons (Fsp3) is 0.450. The molecule has 0 bridgehead atoms. The van der Waals surface area contributed by atoms with Gasteiger partial charge in [-0.05, 0) is 61.6 Å². The third-order valence-corrected chi connectivity index (χ3v) is 10.1. The van der Waals surface area contributed by atoms with Crippen molar-refractivity contribution >= 4 is 33.5 Å². The van der Waals surface area contributed by atoms with Crippen molar-refractivity contribution in [2.24, 2.45) is 11.3 Å². The van der Waals surface area contributed by atoms with E-state index in [1.54, 1.807) is 6.92 Å². The number of aromatic nitrogens is 3. The fourth-order valence-electron chi connectivity index (χ4n) is 6.98. The summed E-state index contributed by atoms with van der Waals surface area (Å²) in [5.41, 5.74) is -0.374. The number of terminal acetylenes is 1. The normalized spacial score (nSPS) is 18.6. The van der Waals surface area contributed by atoms with Gasteiger partial charge in [0.2, 0.25) is 5.88 Å². The molecule has 4 aromatic rings. The van der Waals surface area contributed by atoms with Crippen LogP contribution in [-0.2, 0) is 4.79 Å². The van der Waals surface area contributed by atoms with Crippen LogP contribution in [0.25, 0.3) is 32.9 Å². The maximum absolute atomic E-state index is 17.0. The number of methoxy groups -OCH3 is 1. The van der Waals surface area contributed by atoms with Gasteiger partial charge in [-0.1, -0.05) is 38.0 Å². The van der Waals surface area contributed by atoms with E-state index in [2.05, 4.69) is 39.9 Å². The van der Waals surface area contributed by atoms with Crippen molar-refractivity contribution in [1.82, 2.24) is 19.9 Å². The zero-order chi connectivity index (χ0) is 37.9. The molecule has 2 fully saturated rings. The Morgan fingerprint density at radius 1 is 1.11 bits per heavy atom. The number of alkyl halides is 1. The molecule has 1 saturated heterocycles. The number of phenolic OH excluding ortho intramolecular Hbond substituents is 1. The quantitative estimate of drug-likeness (QED) is 0.134. The van der Waals surface area contributed by atoms with Crippen LogP contribution in [0.5, 0.6) is 17.6 Å². The van der Waals surface area contributed by atoms with E-state index < -0.39 is 23.8 Å². The highest BCUT2D eigenvalue weighted by atomic mass is 19.1. The number of aromatic hydroxyl groups is 1. The number of fused-ring (bicyclic) bond motifs is 2. The predicted octanol–water partition coefficient (Wildman–Crippen LogP) is 7.30. The van der Waals surface area contributed by atoms with E-state index in [0.29, 0.717) is 49.7 Å². The average molecular weight is 732 g/mol. The third-order valence-electron chi connectivity index (χ3n) is 10.1. The number of pyridine rings is 1. The Kier molecular flexibility index (Phi) is 11.3. The molecule has 1 aliphatic carbocycles. The van der Waals surface area contributed by atoms with Crippen LogP contribution >= 0.6 is 0 Å². The summed E-state index contributed by atoms with van der Waals surface area (Å²) in [5, 5.41) is 19.3. The van der Waals surface area contributed by atoms with Gasteiger partial charge < -0.3 is 29.5 Å². The number of benzene rings is 2. The van der Waals surface area contributed by atoms with Crippen LogP contribution in [0.2, 0.25) is 0 Å². The summed E-state index contributed by atoms with van der Waals surface area (Å²) in [7, 11) is 1.43.